The smallest absolute Gasteiger partial charge is 0.247 e. The molecule has 0 unspecified atom stereocenters. The molecular formula is C29H33N7O2. The normalized spacial score (nSPS) is 16.0. The van der Waals surface area contributed by atoms with Crippen molar-refractivity contribution in [2.45, 2.75) is 25.8 Å². The number of piperazine rings is 1. The van der Waals surface area contributed by atoms with Crippen LogP contribution in [0.15, 0.2) is 60.8 Å². The van der Waals surface area contributed by atoms with Gasteiger partial charge in [0.25, 0.3) is 0 Å². The Balaban J connectivity index is 1.20. The fourth-order valence-corrected chi connectivity index (χ4v) is 5.07. The molecule has 3 heterocycles. The van der Waals surface area contributed by atoms with Crippen LogP contribution in [0.2, 0.25) is 0 Å². The van der Waals surface area contributed by atoms with Gasteiger partial charge in [-0.3, -0.25) is 4.79 Å². The Bertz CT molecular complexity index is 1450. The van der Waals surface area contributed by atoms with Crippen LogP contribution in [0.3, 0.4) is 0 Å². The van der Waals surface area contributed by atoms with Crippen LogP contribution in [-0.4, -0.2) is 71.8 Å². The van der Waals surface area contributed by atoms with E-state index in [4.69, 9.17) is 4.74 Å². The molecule has 9 nitrogen and oxygen atoms in total. The molecule has 1 saturated carbocycles. The standard InChI is InChI=1S/C29H33N7O2/c1-20(37)36(24-9-10-24)23-7-4-21(5-8-23)22-6-13-28-31-29(32-35(28)19-22)30-26-12-11-25(18-27(26)38-3)34-16-14-33(2)15-17-34/h4-8,11-13,18-19,24H,9-10,14-17H2,1-3H3,(H,30,32). The zero-order valence-corrected chi connectivity index (χ0v) is 22.1. The van der Waals surface area contributed by atoms with E-state index in [0.29, 0.717) is 12.0 Å². The molecule has 2 aromatic carbocycles. The first kappa shape index (κ1) is 24.2. The van der Waals surface area contributed by atoms with E-state index in [0.717, 1.165) is 78.6 Å². The van der Waals surface area contributed by atoms with Crippen LogP contribution in [-0.2, 0) is 4.79 Å². The van der Waals surface area contributed by atoms with Gasteiger partial charge in [-0.25, -0.2) is 4.52 Å². The van der Waals surface area contributed by atoms with Gasteiger partial charge in [0, 0.05) is 68.3 Å². The van der Waals surface area contributed by atoms with Crippen molar-refractivity contribution in [2.24, 2.45) is 0 Å². The molecule has 38 heavy (non-hydrogen) atoms. The second kappa shape index (κ2) is 9.98. The number of hydrogen-bond donors (Lipinski definition) is 1. The van der Waals surface area contributed by atoms with Gasteiger partial charge in [0.05, 0.1) is 12.8 Å². The van der Waals surface area contributed by atoms with Gasteiger partial charge in [0.15, 0.2) is 5.65 Å². The van der Waals surface area contributed by atoms with Crippen LogP contribution in [0.25, 0.3) is 16.8 Å². The van der Waals surface area contributed by atoms with Gasteiger partial charge in [-0.15, -0.1) is 5.10 Å². The number of pyridine rings is 1. The van der Waals surface area contributed by atoms with Crippen LogP contribution in [0.1, 0.15) is 19.8 Å². The highest BCUT2D eigenvalue weighted by Crippen LogP contribution is 2.34. The molecular weight excluding hydrogens is 478 g/mol. The Hall–Kier alpha value is -4.11. The van der Waals surface area contributed by atoms with Gasteiger partial charge in [-0.2, -0.15) is 4.98 Å². The molecule has 2 fully saturated rings. The third-order valence-electron chi connectivity index (χ3n) is 7.36. The van der Waals surface area contributed by atoms with Gasteiger partial charge in [-0.05, 0) is 61.9 Å². The third kappa shape index (κ3) is 4.89. The summed E-state index contributed by atoms with van der Waals surface area (Å²) in [5, 5.41) is 7.98. The molecule has 9 heteroatoms. The molecule has 1 aliphatic heterocycles. The van der Waals surface area contributed by atoms with Crippen molar-refractivity contribution in [1.29, 1.82) is 0 Å². The topological polar surface area (TPSA) is 78.2 Å². The van der Waals surface area contributed by atoms with Crippen molar-refractivity contribution >= 4 is 34.6 Å². The lowest BCUT2D eigenvalue weighted by Gasteiger charge is -2.34. The van der Waals surface area contributed by atoms with E-state index in [-0.39, 0.29) is 5.91 Å². The van der Waals surface area contributed by atoms with Crippen LogP contribution in [0, 0.1) is 0 Å². The van der Waals surface area contributed by atoms with Crippen LogP contribution < -0.4 is 19.9 Å². The van der Waals surface area contributed by atoms with Crippen LogP contribution in [0.5, 0.6) is 5.75 Å². The molecule has 1 amide bonds. The number of likely N-dealkylation sites (N-methyl/N-ethyl adjacent to an activating group) is 1. The fraction of sp³-hybridized carbons (Fsp3) is 0.345. The number of nitrogens with zero attached hydrogens (tertiary/aromatic N) is 6. The first-order valence-corrected chi connectivity index (χ1v) is 13.1. The summed E-state index contributed by atoms with van der Waals surface area (Å²) in [7, 11) is 3.84. The van der Waals surface area contributed by atoms with E-state index in [1.165, 1.54) is 0 Å². The number of carbonyl (C=O) groups is 1. The SMILES string of the molecule is COc1cc(N2CCN(C)CC2)ccc1Nc1nc2ccc(-c3ccc(N(C(C)=O)C4CC4)cc3)cn2n1. The molecule has 0 spiro atoms. The summed E-state index contributed by atoms with van der Waals surface area (Å²) in [5.74, 6) is 1.35. The van der Waals surface area contributed by atoms with Gasteiger partial charge in [0.2, 0.25) is 11.9 Å². The summed E-state index contributed by atoms with van der Waals surface area (Å²) >= 11 is 0. The van der Waals surface area contributed by atoms with Crippen LogP contribution >= 0.6 is 0 Å². The van der Waals surface area contributed by atoms with E-state index in [1.807, 2.05) is 41.4 Å². The number of amides is 1. The number of nitrogens with one attached hydrogen (secondary N) is 1. The molecule has 2 aliphatic rings. The number of carbonyl (C=O) groups excluding carboxylic acids is 1. The average molecular weight is 512 g/mol. The van der Waals surface area contributed by atoms with Gasteiger partial charge < -0.3 is 24.8 Å². The third-order valence-corrected chi connectivity index (χ3v) is 7.36. The van der Waals surface area contributed by atoms with Gasteiger partial charge in [0.1, 0.15) is 5.75 Å². The second-order valence-electron chi connectivity index (χ2n) is 10.1. The number of aromatic nitrogens is 3. The number of rotatable bonds is 7. The van der Waals surface area contributed by atoms with Gasteiger partial charge >= 0.3 is 0 Å². The Morgan fingerprint density at radius 3 is 2.42 bits per heavy atom. The molecule has 1 N–H and O–H groups in total. The van der Waals surface area contributed by atoms with E-state index in [2.05, 4.69) is 56.5 Å². The predicted molar refractivity (Wildman–Crippen MR) is 151 cm³/mol. The first-order chi connectivity index (χ1) is 18.5. The molecule has 0 bridgehead atoms. The number of ether oxygens (including phenoxy) is 1. The molecule has 0 atom stereocenters. The number of benzene rings is 2. The molecule has 1 aliphatic carbocycles. The zero-order valence-electron chi connectivity index (χ0n) is 22.1. The fourth-order valence-electron chi connectivity index (χ4n) is 5.07. The molecule has 196 valence electrons. The minimum absolute atomic E-state index is 0.0925. The molecule has 4 aromatic rings. The Morgan fingerprint density at radius 1 is 1.00 bits per heavy atom. The van der Waals surface area contributed by atoms with Crippen molar-refractivity contribution < 1.29 is 9.53 Å². The Morgan fingerprint density at radius 2 is 1.74 bits per heavy atom. The lowest BCUT2D eigenvalue weighted by Crippen LogP contribution is -2.44. The van der Waals surface area contributed by atoms with E-state index in [1.54, 1.807) is 18.5 Å². The molecule has 2 aromatic heterocycles. The first-order valence-electron chi connectivity index (χ1n) is 13.1. The monoisotopic (exact) mass is 511 g/mol. The number of methoxy groups -OCH3 is 1. The largest absolute Gasteiger partial charge is 0.494 e. The van der Waals surface area contributed by atoms with Crippen molar-refractivity contribution in [3.8, 4) is 16.9 Å². The maximum absolute atomic E-state index is 12.1. The zero-order chi connectivity index (χ0) is 26.2. The minimum Gasteiger partial charge on any atom is -0.494 e. The summed E-state index contributed by atoms with van der Waals surface area (Å²) in [6.07, 6.45) is 4.12. The summed E-state index contributed by atoms with van der Waals surface area (Å²) in [5.41, 5.74) is 5.75. The summed E-state index contributed by atoms with van der Waals surface area (Å²) in [6.45, 7) is 5.74. The average Bonchev–Trinajstić information content (AvgIpc) is 3.67. The van der Waals surface area contributed by atoms with E-state index >= 15 is 0 Å². The van der Waals surface area contributed by atoms with Crippen molar-refractivity contribution in [3.05, 3.63) is 60.8 Å². The number of hydrogen-bond acceptors (Lipinski definition) is 7. The van der Waals surface area contributed by atoms with E-state index < -0.39 is 0 Å². The predicted octanol–water partition coefficient (Wildman–Crippen LogP) is 4.42. The number of anilines is 4. The maximum atomic E-state index is 12.1. The molecule has 6 rings (SSSR count). The summed E-state index contributed by atoms with van der Waals surface area (Å²) in [4.78, 5) is 23.4. The lowest BCUT2D eigenvalue weighted by molar-refractivity contribution is -0.116. The Labute approximate surface area is 222 Å². The second-order valence-corrected chi connectivity index (χ2v) is 10.1. The Kier molecular flexibility index (Phi) is 6.37. The quantitative estimate of drug-likeness (QED) is 0.394. The highest BCUT2D eigenvalue weighted by atomic mass is 16.5. The minimum atomic E-state index is 0.0925. The molecule has 0 radical (unpaired) electrons. The summed E-state index contributed by atoms with van der Waals surface area (Å²) in [6, 6.07) is 18.7. The lowest BCUT2D eigenvalue weighted by atomic mass is 10.1. The van der Waals surface area contributed by atoms with Crippen molar-refractivity contribution in [2.75, 3.05) is 55.5 Å². The highest BCUT2D eigenvalue weighted by Gasteiger charge is 2.31. The van der Waals surface area contributed by atoms with E-state index in [9.17, 15) is 4.79 Å². The van der Waals surface area contributed by atoms with Crippen molar-refractivity contribution in [1.82, 2.24) is 19.5 Å². The number of fused-ring (bicyclic) bond motifs is 1. The molecule has 1 saturated heterocycles. The van der Waals surface area contributed by atoms with Gasteiger partial charge in [-0.1, -0.05) is 12.1 Å². The highest BCUT2D eigenvalue weighted by molar-refractivity contribution is 5.93. The van der Waals surface area contributed by atoms with Crippen molar-refractivity contribution in [3.63, 3.8) is 0 Å². The maximum Gasteiger partial charge on any atom is 0.247 e. The summed E-state index contributed by atoms with van der Waals surface area (Å²) < 4.78 is 7.47. The van der Waals surface area contributed by atoms with Crippen LogP contribution in [0.4, 0.5) is 23.0 Å².